The van der Waals surface area contributed by atoms with Crippen LogP contribution in [-0.4, -0.2) is 24.3 Å². The number of aliphatic imine (C=N–C) groups is 1. The molecule has 0 amide bonds. The number of nitrogens with zero attached hydrogens (tertiary/aromatic N) is 1. The summed E-state index contributed by atoms with van der Waals surface area (Å²) in [6, 6.07) is 0.379. The molecule has 3 aliphatic rings. The van der Waals surface area contributed by atoms with Gasteiger partial charge < -0.3 is 15.8 Å². The molecule has 1 fully saturated rings. The number of fused-ring (bicyclic) bond motifs is 3. The summed E-state index contributed by atoms with van der Waals surface area (Å²) < 4.78 is 5.90. The van der Waals surface area contributed by atoms with Crippen LogP contribution in [0, 0.1) is 0 Å². The smallest absolute Gasteiger partial charge is 0.191 e. The Bertz CT molecular complexity index is 242. The van der Waals surface area contributed by atoms with Gasteiger partial charge in [-0.05, 0) is 19.3 Å². The van der Waals surface area contributed by atoms with Crippen LogP contribution in [-0.2, 0) is 4.74 Å². The largest absolute Gasteiger partial charge is 0.370 e. The zero-order chi connectivity index (χ0) is 10.7. The van der Waals surface area contributed by atoms with E-state index in [-0.39, 0.29) is 6.23 Å². The lowest BCUT2D eigenvalue weighted by Crippen LogP contribution is -2.47. The van der Waals surface area contributed by atoms with E-state index in [0.29, 0.717) is 18.1 Å². The highest BCUT2D eigenvalue weighted by molar-refractivity contribution is 5.78. The molecular formula is C11H21N3O. The van der Waals surface area contributed by atoms with Gasteiger partial charge in [-0.2, -0.15) is 0 Å². The molecule has 3 atom stereocenters. The van der Waals surface area contributed by atoms with Crippen molar-refractivity contribution in [3.05, 3.63) is 0 Å². The molecule has 0 aromatic carbocycles. The third kappa shape index (κ3) is 2.62. The second-order valence-corrected chi connectivity index (χ2v) is 4.47. The van der Waals surface area contributed by atoms with Crippen LogP contribution < -0.4 is 11.1 Å². The van der Waals surface area contributed by atoms with Crippen molar-refractivity contribution in [3.63, 3.8) is 0 Å². The van der Waals surface area contributed by atoms with Gasteiger partial charge in [-0.1, -0.05) is 26.2 Å². The molecule has 3 N–H and O–H groups in total. The van der Waals surface area contributed by atoms with Gasteiger partial charge in [-0.3, -0.25) is 0 Å². The van der Waals surface area contributed by atoms with Gasteiger partial charge in [-0.15, -0.1) is 0 Å². The number of hydrogen-bond acceptors (Lipinski definition) is 4. The Morgan fingerprint density at radius 3 is 3.13 bits per heavy atom. The molecule has 86 valence electrons. The predicted octanol–water partition coefficient (Wildman–Crippen LogP) is 1.36. The maximum atomic E-state index is 5.90. The summed E-state index contributed by atoms with van der Waals surface area (Å²) in [5.41, 5.74) is 5.73. The maximum absolute atomic E-state index is 5.90. The van der Waals surface area contributed by atoms with Gasteiger partial charge in [0, 0.05) is 0 Å². The van der Waals surface area contributed by atoms with Gasteiger partial charge in [0.1, 0.15) is 0 Å². The zero-order valence-corrected chi connectivity index (χ0v) is 9.41. The van der Waals surface area contributed by atoms with Gasteiger partial charge in [0.05, 0.1) is 12.1 Å². The molecule has 0 aliphatic carbocycles. The molecule has 0 spiro atoms. The summed E-state index contributed by atoms with van der Waals surface area (Å²) in [7, 11) is 0. The highest BCUT2D eigenvalue weighted by Gasteiger charge is 2.33. The molecule has 0 radical (unpaired) electrons. The van der Waals surface area contributed by atoms with E-state index in [2.05, 4.69) is 17.2 Å². The fourth-order valence-electron chi connectivity index (χ4n) is 2.38. The van der Waals surface area contributed by atoms with Crippen molar-refractivity contribution in [1.29, 1.82) is 0 Å². The molecule has 1 saturated heterocycles. The molecule has 4 heteroatoms. The summed E-state index contributed by atoms with van der Waals surface area (Å²) in [5.74, 6) is 0.556. The Balaban J connectivity index is 1.88. The fourth-order valence-corrected chi connectivity index (χ4v) is 2.38. The van der Waals surface area contributed by atoms with Crippen LogP contribution in [0.1, 0.15) is 45.4 Å². The minimum absolute atomic E-state index is 0.00266. The van der Waals surface area contributed by atoms with E-state index in [4.69, 9.17) is 10.5 Å². The number of hydrogen-bond donors (Lipinski definition) is 2. The van der Waals surface area contributed by atoms with Gasteiger partial charge in [-0.25, -0.2) is 4.99 Å². The van der Waals surface area contributed by atoms with Crippen molar-refractivity contribution in [2.45, 2.75) is 63.8 Å². The second kappa shape index (κ2) is 4.84. The molecule has 3 rings (SSSR count). The quantitative estimate of drug-likeness (QED) is 0.690. The van der Waals surface area contributed by atoms with Crippen molar-refractivity contribution in [2.24, 2.45) is 10.7 Å². The van der Waals surface area contributed by atoms with E-state index < -0.39 is 0 Å². The molecule has 4 nitrogen and oxygen atoms in total. The van der Waals surface area contributed by atoms with Crippen LogP contribution in [0.3, 0.4) is 0 Å². The first kappa shape index (κ1) is 10.7. The van der Waals surface area contributed by atoms with Gasteiger partial charge in [0.2, 0.25) is 0 Å². The summed E-state index contributed by atoms with van der Waals surface area (Å²) in [6.45, 7) is 2.22. The van der Waals surface area contributed by atoms with Crippen molar-refractivity contribution in [2.75, 3.05) is 0 Å². The third-order valence-corrected chi connectivity index (χ3v) is 3.21. The number of nitrogens with one attached hydrogen (secondary N) is 1. The maximum Gasteiger partial charge on any atom is 0.191 e. The third-order valence-electron chi connectivity index (χ3n) is 3.21. The lowest BCUT2D eigenvalue weighted by atomic mass is 9.97. The van der Waals surface area contributed by atoms with E-state index in [1.165, 1.54) is 19.3 Å². The first-order valence-corrected chi connectivity index (χ1v) is 6.05. The molecule has 0 saturated carbocycles. The monoisotopic (exact) mass is 211 g/mol. The molecule has 0 aromatic rings. The lowest BCUT2D eigenvalue weighted by molar-refractivity contribution is -0.0584. The predicted molar refractivity (Wildman–Crippen MR) is 60.6 cm³/mol. The van der Waals surface area contributed by atoms with E-state index >= 15 is 0 Å². The number of nitrogens with two attached hydrogens (primary N) is 1. The van der Waals surface area contributed by atoms with E-state index in [9.17, 15) is 0 Å². The molecule has 3 aliphatic heterocycles. The van der Waals surface area contributed by atoms with Crippen molar-refractivity contribution in [1.82, 2.24) is 5.32 Å². The minimum atomic E-state index is 0.00266. The SMILES string of the molecule is CCCCC[C@H]1O[C@H]2CC[C@@H]1NC(N)=N2. The first-order valence-electron chi connectivity index (χ1n) is 6.05. The van der Waals surface area contributed by atoms with Gasteiger partial charge in [0.15, 0.2) is 12.2 Å². The molecular weight excluding hydrogens is 190 g/mol. The molecule has 0 aromatic heterocycles. The number of guanidine groups is 1. The standard InChI is InChI=1S/C11H21N3O/c1-2-3-4-5-9-8-6-7-10(15-9)14-11(12)13-8/h8-10H,2-7H2,1H3,(H3,12,13,14)/t8-,9+,10-/m0/s1. The Morgan fingerprint density at radius 1 is 1.47 bits per heavy atom. The van der Waals surface area contributed by atoms with Crippen LogP contribution >= 0.6 is 0 Å². The first-order chi connectivity index (χ1) is 7.29. The summed E-state index contributed by atoms with van der Waals surface area (Å²) >= 11 is 0. The van der Waals surface area contributed by atoms with Crippen molar-refractivity contribution < 1.29 is 4.74 Å². The Labute approximate surface area is 91.3 Å². The highest BCUT2D eigenvalue weighted by Crippen LogP contribution is 2.26. The van der Waals surface area contributed by atoms with Gasteiger partial charge in [0.25, 0.3) is 0 Å². The van der Waals surface area contributed by atoms with Crippen LogP contribution in [0.4, 0.5) is 0 Å². The summed E-state index contributed by atoms with van der Waals surface area (Å²) in [4.78, 5) is 4.28. The molecule has 3 heterocycles. The van der Waals surface area contributed by atoms with Crippen molar-refractivity contribution in [3.8, 4) is 0 Å². The van der Waals surface area contributed by atoms with Crippen LogP contribution in [0.25, 0.3) is 0 Å². The number of rotatable bonds is 4. The summed E-state index contributed by atoms with van der Waals surface area (Å²) in [6.07, 6.45) is 7.36. The van der Waals surface area contributed by atoms with E-state index in [0.717, 1.165) is 19.3 Å². The second-order valence-electron chi connectivity index (χ2n) is 4.47. The average molecular weight is 211 g/mol. The van der Waals surface area contributed by atoms with Crippen LogP contribution in [0.2, 0.25) is 0 Å². The van der Waals surface area contributed by atoms with E-state index in [1.807, 2.05) is 0 Å². The topological polar surface area (TPSA) is 59.6 Å². The molecule has 2 bridgehead atoms. The Hall–Kier alpha value is -0.770. The number of unbranched alkanes of at least 4 members (excludes halogenated alkanes) is 2. The van der Waals surface area contributed by atoms with Crippen molar-refractivity contribution >= 4 is 5.96 Å². The Kier molecular flexibility index (Phi) is 3.46. The lowest BCUT2D eigenvalue weighted by Gasteiger charge is -2.32. The minimum Gasteiger partial charge on any atom is -0.370 e. The van der Waals surface area contributed by atoms with Gasteiger partial charge >= 0.3 is 0 Å². The summed E-state index contributed by atoms with van der Waals surface area (Å²) in [5, 5.41) is 3.25. The normalized spacial score (nSPS) is 34.5. The average Bonchev–Trinajstić information content (AvgIpc) is 2.47. The highest BCUT2D eigenvalue weighted by atomic mass is 16.5. The van der Waals surface area contributed by atoms with Crippen LogP contribution in [0.5, 0.6) is 0 Å². The van der Waals surface area contributed by atoms with E-state index in [1.54, 1.807) is 0 Å². The Morgan fingerprint density at radius 2 is 2.33 bits per heavy atom. The molecule has 15 heavy (non-hydrogen) atoms. The number of ether oxygens (including phenoxy) is 1. The van der Waals surface area contributed by atoms with Crippen LogP contribution in [0.15, 0.2) is 4.99 Å². The zero-order valence-electron chi connectivity index (χ0n) is 9.41. The fraction of sp³-hybridized carbons (Fsp3) is 0.909. The molecule has 0 unspecified atom stereocenters.